The van der Waals surface area contributed by atoms with Gasteiger partial charge in [0.05, 0.1) is 12.1 Å². The number of benzene rings is 1. The molecular formula is C25H36F2N2O2S. The molecule has 0 radical (unpaired) electrons. The molecule has 1 aromatic rings. The minimum Gasteiger partial charge on any atom is -0.390 e. The molecule has 0 aliphatic heterocycles. The Morgan fingerprint density at radius 1 is 1.25 bits per heavy atom. The molecule has 0 bridgehead atoms. The fraction of sp³-hybridized carbons (Fsp3) is 0.560. The summed E-state index contributed by atoms with van der Waals surface area (Å²) in [4.78, 5) is 13.0. The van der Waals surface area contributed by atoms with E-state index in [2.05, 4.69) is 30.2 Å². The number of allylic oxidation sites excluding steroid dienone is 1. The van der Waals surface area contributed by atoms with E-state index in [1.165, 1.54) is 30.4 Å². The van der Waals surface area contributed by atoms with Gasteiger partial charge in [0.1, 0.15) is 11.6 Å². The quantitative estimate of drug-likeness (QED) is 0.395. The molecule has 1 saturated carbocycles. The fourth-order valence-electron chi connectivity index (χ4n) is 4.36. The van der Waals surface area contributed by atoms with Gasteiger partial charge in [-0.3, -0.25) is 4.79 Å². The smallest absolute Gasteiger partial charge is 0.217 e. The zero-order valence-electron chi connectivity index (χ0n) is 19.1. The maximum absolute atomic E-state index is 13.6. The number of hydrogen-bond acceptors (Lipinski definition) is 4. The van der Waals surface area contributed by atoms with E-state index in [1.54, 1.807) is 11.8 Å². The van der Waals surface area contributed by atoms with Crippen molar-refractivity contribution in [3.63, 3.8) is 0 Å². The third-order valence-electron chi connectivity index (χ3n) is 5.89. The van der Waals surface area contributed by atoms with Gasteiger partial charge in [0.2, 0.25) is 5.91 Å². The Kier molecular flexibility index (Phi) is 10.9. The fourth-order valence-corrected chi connectivity index (χ4v) is 5.25. The summed E-state index contributed by atoms with van der Waals surface area (Å²) in [6.45, 7) is 7.65. The Labute approximate surface area is 194 Å². The SMILES string of the molecule is C=CS/C(=C\CCC)C1(NCC(O)C(Cc2cc(F)cc(F)c2)NC(C)=O)CCCCC1. The van der Waals surface area contributed by atoms with Crippen molar-refractivity contribution < 1.29 is 18.7 Å². The largest absolute Gasteiger partial charge is 0.390 e. The topological polar surface area (TPSA) is 61.4 Å². The molecule has 1 fully saturated rings. The number of rotatable bonds is 12. The van der Waals surface area contributed by atoms with E-state index in [4.69, 9.17) is 0 Å². The van der Waals surface area contributed by atoms with Gasteiger partial charge in [0, 0.05) is 30.0 Å². The van der Waals surface area contributed by atoms with Crippen molar-refractivity contribution in [2.75, 3.05) is 6.54 Å². The number of β-amino-alcohol motifs (C(OH)–C–C–N with tert-alkyl or cyclic N) is 1. The van der Waals surface area contributed by atoms with Crippen LogP contribution in [0.5, 0.6) is 0 Å². The van der Waals surface area contributed by atoms with Gasteiger partial charge in [-0.1, -0.05) is 45.3 Å². The van der Waals surface area contributed by atoms with Gasteiger partial charge in [-0.25, -0.2) is 8.78 Å². The number of hydrogen-bond donors (Lipinski definition) is 3. The lowest BCUT2D eigenvalue weighted by Crippen LogP contribution is -2.54. The van der Waals surface area contributed by atoms with Crippen LogP contribution < -0.4 is 10.6 Å². The maximum atomic E-state index is 13.6. The molecule has 2 unspecified atom stereocenters. The molecule has 0 spiro atoms. The number of carbonyl (C=O) groups excluding carboxylic acids is 1. The molecule has 1 amide bonds. The first-order valence-electron chi connectivity index (χ1n) is 11.4. The van der Waals surface area contributed by atoms with Crippen molar-refractivity contribution in [3.8, 4) is 0 Å². The first-order chi connectivity index (χ1) is 15.3. The molecule has 4 nitrogen and oxygen atoms in total. The molecule has 178 valence electrons. The van der Waals surface area contributed by atoms with E-state index in [0.29, 0.717) is 5.56 Å². The van der Waals surface area contributed by atoms with Crippen molar-refractivity contribution in [3.05, 3.63) is 58.4 Å². The van der Waals surface area contributed by atoms with E-state index >= 15 is 0 Å². The van der Waals surface area contributed by atoms with Crippen molar-refractivity contribution in [1.29, 1.82) is 0 Å². The number of nitrogens with one attached hydrogen (secondary N) is 2. The molecular weight excluding hydrogens is 430 g/mol. The summed E-state index contributed by atoms with van der Waals surface area (Å²) < 4.78 is 27.3. The van der Waals surface area contributed by atoms with E-state index < -0.39 is 23.8 Å². The van der Waals surface area contributed by atoms with Crippen LogP contribution in [0.15, 0.2) is 41.2 Å². The molecule has 1 aromatic carbocycles. The molecule has 1 aliphatic rings. The van der Waals surface area contributed by atoms with E-state index in [-0.39, 0.29) is 24.4 Å². The second kappa shape index (κ2) is 13.1. The normalized spacial score (nSPS) is 18.1. The number of aliphatic hydroxyl groups is 1. The van der Waals surface area contributed by atoms with Gasteiger partial charge >= 0.3 is 0 Å². The summed E-state index contributed by atoms with van der Waals surface area (Å²) >= 11 is 1.63. The van der Waals surface area contributed by atoms with Crippen LogP contribution >= 0.6 is 11.8 Å². The minimum absolute atomic E-state index is 0.129. The summed E-state index contributed by atoms with van der Waals surface area (Å²) in [5.41, 5.74) is 0.150. The van der Waals surface area contributed by atoms with E-state index in [9.17, 15) is 18.7 Å². The molecule has 2 rings (SSSR count). The highest BCUT2D eigenvalue weighted by Gasteiger charge is 2.36. The van der Waals surface area contributed by atoms with Crippen LogP contribution in [0.1, 0.15) is 64.4 Å². The standard InChI is InChI=1S/C25H36F2N2O2S/c1-4-6-10-24(32-5-2)25(11-8-7-9-12-25)28-17-23(31)22(29-18(3)30)15-19-13-20(26)16-21(27)14-19/h5,10,13-14,16,22-23,28,31H,2,4,6-9,11-12,15,17H2,1,3H3,(H,29,30)/b24-10-. The lowest BCUT2D eigenvalue weighted by Gasteiger charge is -2.41. The van der Waals surface area contributed by atoms with Crippen LogP contribution in [0.2, 0.25) is 0 Å². The lowest BCUT2D eigenvalue weighted by molar-refractivity contribution is -0.120. The molecule has 32 heavy (non-hydrogen) atoms. The third-order valence-corrected chi connectivity index (χ3v) is 6.87. The average molecular weight is 467 g/mol. The monoisotopic (exact) mass is 466 g/mol. The zero-order chi connectivity index (χ0) is 23.6. The van der Waals surface area contributed by atoms with Crippen molar-refractivity contribution >= 4 is 17.7 Å². The molecule has 0 saturated heterocycles. The van der Waals surface area contributed by atoms with Crippen LogP contribution in [0.4, 0.5) is 8.78 Å². The maximum Gasteiger partial charge on any atom is 0.217 e. The molecule has 3 N–H and O–H groups in total. The first kappa shape index (κ1) is 26.6. The van der Waals surface area contributed by atoms with Crippen LogP contribution in [0.3, 0.4) is 0 Å². The minimum atomic E-state index is -0.926. The second-order valence-electron chi connectivity index (χ2n) is 8.52. The average Bonchev–Trinajstić information content (AvgIpc) is 2.74. The Morgan fingerprint density at radius 3 is 2.47 bits per heavy atom. The van der Waals surface area contributed by atoms with Gasteiger partial charge in [0.15, 0.2) is 0 Å². The molecule has 0 heterocycles. The molecule has 2 atom stereocenters. The number of aliphatic hydroxyl groups excluding tert-OH is 1. The highest BCUT2D eigenvalue weighted by Crippen LogP contribution is 2.40. The van der Waals surface area contributed by atoms with Gasteiger partial charge in [-0.2, -0.15) is 0 Å². The Bertz CT molecular complexity index is 774. The van der Waals surface area contributed by atoms with Crippen LogP contribution in [0, 0.1) is 11.6 Å². The summed E-state index contributed by atoms with van der Waals surface area (Å²) in [5, 5.41) is 19.2. The zero-order valence-corrected chi connectivity index (χ0v) is 19.9. The predicted octanol–water partition coefficient (Wildman–Crippen LogP) is 5.23. The van der Waals surface area contributed by atoms with Gasteiger partial charge in [-0.15, -0.1) is 11.8 Å². The predicted molar refractivity (Wildman–Crippen MR) is 128 cm³/mol. The second-order valence-corrected chi connectivity index (χ2v) is 9.53. The van der Waals surface area contributed by atoms with Crippen molar-refractivity contribution in [2.24, 2.45) is 0 Å². The summed E-state index contributed by atoms with van der Waals surface area (Å²) in [6, 6.07) is 2.60. The number of amides is 1. The lowest BCUT2D eigenvalue weighted by atomic mass is 9.80. The number of thioether (sulfide) groups is 1. The van der Waals surface area contributed by atoms with Gasteiger partial charge in [0.25, 0.3) is 0 Å². The van der Waals surface area contributed by atoms with E-state index in [1.807, 2.05) is 5.41 Å². The highest BCUT2D eigenvalue weighted by atomic mass is 32.2. The van der Waals surface area contributed by atoms with Gasteiger partial charge < -0.3 is 15.7 Å². The van der Waals surface area contributed by atoms with Crippen LogP contribution in [0.25, 0.3) is 0 Å². The van der Waals surface area contributed by atoms with Crippen molar-refractivity contribution in [1.82, 2.24) is 10.6 Å². The summed E-state index contributed by atoms with van der Waals surface area (Å²) in [6.07, 6.45) is 8.81. The Morgan fingerprint density at radius 2 is 1.91 bits per heavy atom. The third kappa shape index (κ3) is 8.01. The Hall–Kier alpha value is -1.70. The van der Waals surface area contributed by atoms with Crippen LogP contribution in [-0.4, -0.2) is 35.2 Å². The van der Waals surface area contributed by atoms with Crippen LogP contribution in [-0.2, 0) is 11.2 Å². The first-order valence-corrected chi connectivity index (χ1v) is 12.3. The summed E-state index contributed by atoms with van der Waals surface area (Å²) in [7, 11) is 0. The van der Waals surface area contributed by atoms with Crippen molar-refractivity contribution in [2.45, 2.75) is 82.9 Å². The highest BCUT2D eigenvalue weighted by molar-refractivity contribution is 8.05. The number of halogens is 2. The van der Waals surface area contributed by atoms with E-state index in [0.717, 1.165) is 44.6 Å². The number of unbranched alkanes of at least 4 members (excludes halogenated alkanes) is 1. The summed E-state index contributed by atoms with van der Waals surface area (Å²) in [5.74, 6) is -1.66. The van der Waals surface area contributed by atoms with Gasteiger partial charge in [-0.05, 0) is 48.8 Å². The molecule has 7 heteroatoms. The molecule has 0 aromatic heterocycles. The Balaban J connectivity index is 2.19. The molecule has 1 aliphatic carbocycles. The number of carbonyl (C=O) groups is 1.